The van der Waals surface area contributed by atoms with Crippen molar-refractivity contribution in [1.29, 1.82) is 0 Å². The summed E-state index contributed by atoms with van der Waals surface area (Å²) in [7, 11) is -2.85. The molecule has 1 aliphatic heterocycles. The second-order valence-corrected chi connectivity index (χ2v) is 11.9. The summed E-state index contributed by atoms with van der Waals surface area (Å²) < 4.78 is 80.5. The van der Waals surface area contributed by atoms with Gasteiger partial charge in [0.25, 0.3) is 10.0 Å². The van der Waals surface area contributed by atoms with E-state index in [0.29, 0.717) is 30.4 Å². The van der Waals surface area contributed by atoms with Gasteiger partial charge in [-0.2, -0.15) is 13.2 Å². The minimum absolute atomic E-state index is 0.0641. The third-order valence-electron chi connectivity index (χ3n) is 7.29. The molecule has 0 saturated heterocycles. The Hall–Kier alpha value is -3.72. The van der Waals surface area contributed by atoms with E-state index in [1.807, 2.05) is 24.3 Å². The molecule has 5 nitrogen and oxygen atoms in total. The van der Waals surface area contributed by atoms with E-state index in [1.54, 1.807) is 12.1 Å². The number of rotatable bonds is 7. The third-order valence-corrected chi connectivity index (χ3v) is 9.07. The molecule has 0 N–H and O–H groups in total. The number of halogens is 3. The summed E-state index contributed by atoms with van der Waals surface area (Å²) in [5.74, 6) is 0.873. The maximum Gasteiger partial charge on any atom is 0.416 e. The molecular formula is C31H30F3NO4S. The lowest BCUT2D eigenvalue weighted by molar-refractivity contribution is -0.137. The fourth-order valence-electron chi connectivity index (χ4n) is 5.19. The van der Waals surface area contributed by atoms with Gasteiger partial charge in [-0.05, 0) is 78.3 Å². The molecule has 5 rings (SSSR count). The number of ether oxygens (including phenoxy) is 2. The van der Waals surface area contributed by atoms with Gasteiger partial charge in [-0.1, -0.05) is 49.1 Å². The van der Waals surface area contributed by atoms with Crippen molar-refractivity contribution in [3.63, 3.8) is 0 Å². The molecule has 2 aliphatic rings. The Morgan fingerprint density at radius 1 is 1.10 bits per heavy atom. The Bertz CT molecular complexity index is 1560. The van der Waals surface area contributed by atoms with E-state index in [1.165, 1.54) is 28.6 Å². The van der Waals surface area contributed by atoms with Gasteiger partial charge in [-0.25, -0.2) is 8.42 Å². The van der Waals surface area contributed by atoms with E-state index in [-0.39, 0.29) is 12.2 Å². The topological polar surface area (TPSA) is 55.8 Å². The Labute approximate surface area is 232 Å². The molecule has 3 aromatic rings. The van der Waals surface area contributed by atoms with Crippen LogP contribution >= 0.6 is 0 Å². The van der Waals surface area contributed by atoms with Crippen molar-refractivity contribution in [2.24, 2.45) is 0 Å². The lowest BCUT2D eigenvalue weighted by Gasteiger charge is -2.36. The maximum atomic E-state index is 13.9. The number of benzene rings is 3. The first-order valence-corrected chi connectivity index (χ1v) is 14.5. The van der Waals surface area contributed by atoms with Gasteiger partial charge in [0, 0.05) is 6.42 Å². The molecule has 0 amide bonds. The average Bonchev–Trinajstić information content (AvgIpc) is 2.95. The number of aryl methyl sites for hydroxylation is 1. The number of sulfonamides is 1. The van der Waals surface area contributed by atoms with E-state index in [4.69, 9.17) is 9.47 Å². The molecule has 40 heavy (non-hydrogen) atoms. The van der Waals surface area contributed by atoms with Gasteiger partial charge in [-0.15, -0.1) is 0 Å². The minimum Gasteiger partial charge on any atom is -0.502 e. The molecule has 0 radical (unpaired) electrons. The van der Waals surface area contributed by atoms with Crippen LogP contribution in [0, 0.1) is 0 Å². The molecular weight excluding hydrogens is 539 g/mol. The third kappa shape index (κ3) is 5.75. The summed E-state index contributed by atoms with van der Waals surface area (Å²) in [4.78, 5) is -0.430. The van der Waals surface area contributed by atoms with Crippen LogP contribution in [0.3, 0.4) is 0 Å². The normalized spacial score (nSPS) is 18.1. The van der Waals surface area contributed by atoms with Gasteiger partial charge in [0.2, 0.25) is 0 Å². The van der Waals surface area contributed by atoms with Crippen LogP contribution < -0.4 is 9.04 Å². The molecule has 0 fully saturated rings. The number of hydrogen-bond donors (Lipinski definition) is 0. The summed E-state index contributed by atoms with van der Waals surface area (Å²) in [6.07, 6.45) is 0.597. The highest BCUT2D eigenvalue weighted by Gasteiger charge is 2.37. The number of anilines is 1. The fourth-order valence-corrected chi connectivity index (χ4v) is 6.73. The van der Waals surface area contributed by atoms with Crippen LogP contribution in [0.1, 0.15) is 47.9 Å². The first kappa shape index (κ1) is 27.8. The summed E-state index contributed by atoms with van der Waals surface area (Å²) >= 11 is 0. The van der Waals surface area contributed by atoms with Crippen LogP contribution in [0.4, 0.5) is 18.9 Å². The highest BCUT2D eigenvalue weighted by Crippen LogP contribution is 2.41. The first-order valence-electron chi connectivity index (χ1n) is 13.1. The molecule has 0 bridgehead atoms. The van der Waals surface area contributed by atoms with Crippen molar-refractivity contribution in [2.75, 3.05) is 18.0 Å². The van der Waals surface area contributed by atoms with Gasteiger partial charge < -0.3 is 9.47 Å². The van der Waals surface area contributed by atoms with Crippen molar-refractivity contribution >= 4 is 27.4 Å². The van der Waals surface area contributed by atoms with Crippen molar-refractivity contribution in [1.82, 2.24) is 0 Å². The van der Waals surface area contributed by atoms with Crippen LogP contribution in [0.25, 0.3) is 11.6 Å². The predicted molar refractivity (Wildman–Crippen MR) is 149 cm³/mol. The number of hydrogen-bond acceptors (Lipinski definition) is 4. The zero-order valence-electron chi connectivity index (χ0n) is 22.1. The fraction of sp³-hybridized carbons (Fsp3) is 0.290. The summed E-state index contributed by atoms with van der Waals surface area (Å²) in [6, 6.07) is 17.4. The monoisotopic (exact) mass is 569 g/mol. The van der Waals surface area contributed by atoms with E-state index in [2.05, 4.69) is 18.7 Å². The molecule has 0 unspecified atom stereocenters. The second-order valence-electron chi connectivity index (χ2n) is 9.99. The largest absolute Gasteiger partial charge is 0.502 e. The van der Waals surface area contributed by atoms with Crippen LogP contribution in [0.15, 0.2) is 84.0 Å². The second kappa shape index (κ2) is 11.0. The highest BCUT2D eigenvalue weighted by molar-refractivity contribution is 7.92. The number of allylic oxidation sites excluding steroid dienone is 2. The molecule has 210 valence electrons. The molecule has 0 aromatic heterocycles. The molecule has 1 atom stereocenters. The van der Waals surface area contributed by atoms with E-state index < -0.39 is 32.8 Å². The summed E-state index contributed by atoms with van der Waals surface area (Å²) in [5, 5.41) is 0. The lowest BCUT2D eigenvalue weighted by atomic mass is 9.86. The number of nitrogens with zero attached hydrogens (tertiary/aromatic N) is 1. The Morgan fingerprint density at radius 2 is 1.90 bits per heavy atom. The van der Waals surface area contributed by atoms with Crippen molar-refractivity contribution in [3.05, 3.63) is 101 Å². The van der Waals surface area contributed by atoms with E-state index in [0.717, 1.165) is 42.5 Å². The number of methoxy groups -OCH3 is 1. The van der Waals surface area contributed by atoms with Gasteiger partial charge in [0.1, 0.15) is 11.9 Å². The summed E-state index contributed by atoms with van der Waals surface area (Å²) in [6.45, 7) is 3.75. The SMILES string of the molecule is C=C(CC[C@H]1CN(S(=O)(=O)c2cccc(C(F)(F)F)c2)c2cc(/C=C3\CCCc4ccccc43)ccc2O1)OC. The Morgan fingerprint density at radius 3 is 2.67 bits per heavy atom. The van der Waals surface area contributed by atoms with Gasteiger partial charge in [0.15, 0.2) is 0 Å². The number of alkyl halides is 3. The lowest BCUT2D eigenvalue weighted by Crippen LogP contribution is -2.43. The van der Waals surface area contributed by atoms with Gasteiger partial charge >= 0.3 is 6.18 Å². The molecule has 0 saturated carbocycles. The van der Waals surface area contributed by atoms with Crippen LogP contribution in [0.5, 0.6) is 5.75 Å². The van der Waals surface area contributed by atoms with E-state index in [9.17, 15) is 21.6 Å². The predicted octanol–water partition coefficient (Wildman–Crippen LogP) is 7.48. The maximum absolute atomic E-state index is 13.9. The quantitative estimate of drug-likeness (QED) is 0.277. The highest BCUT2D eigenvalue weighted by atomic mass is 32.2. The molecule has 1 aliphatic carbocycles. The van der Waals surface area contributed by atoms with Crippen molar-refractivity contribution in [3.8, 4) is 5.75 Å². The van der Waals surface area contributed by atoms with Gasteiger partial charge in [0.05, 0.1) is 35.6 Å². The smallest absolute Gasteiger partial charge is 0.416 e. The number of fused-ring (bicyclic) bond motifs is 2. The Kier molecular flexibility index (Phi) is 7.68. The van der Waals surface area contributed by atoms with Crippen LogP contribution in [-0.4, -0.2) is 28.2 Å². The molecule has 1 heterocycles. The van der Waals surface area contributed by atoms with Crippen LogP contribution in [-0.2, 0) is 27.4 Å². The first-order chi connectivity index (χ1) is 19.1. The molecule has 3 aromatic carbocycles. The van der Waals surface area contributed by atoms with Crippen molar-refractivity contribution < 1.29 is 31.1 Å². The zero-order valence-corrected chi connectivity index (χ0v) is 22.9. The molecule has 0 spiro atoms. The average molecular weight is 570 g/mol. The summed E-state index contributed by atoms with van der Waals surface area (Å²) in [5.41, 5.74) is 3.65. The Balaban J connectivity index is 1.56. The van der Waals surface area contributed by atoms with Crippen molar-refractivity contribution in [2.45, 2.75) is 49.3 Å². The molecule has 9 heteroatoms. The van der Waals surface area contributed by atoms with Crippen LogP contribution in [0.2, 0.25) is 0 Å². The van der Waals surface area contributed by atoms with Gasteiger partial charge in [-0.3, -0.25) is 4.31 Å². The zero-order chi connectivity index (χ0) is 28.5. The standard InChI is InChI=1S/C31H30F3NO4S/c1-21(38-2)13-15-26-20-35(40(36,37)27-11-6-10-25(19-27)31(32,33)34)29-18-22(14-16-30(29)39-26)17-24-9-5-8-23-7-3-4-12-28(23)24/h3-4,6-7,10-12,14,16-19,26H,1,5,8-9,13,15,20H2,2H3/b24-17+/t26-/m0/s1. The minimum atomic E-state index is -4.67. The van der Waals surface area contributed by atoms with E-state index >= 15 is 0 Å².